The Morgan fingerprint density at radius 1 is 1.27 bits per heavy atom. The topological polar surface area (TPSA) is 75.6 Å². The van der Waals surface area contributed by atoms with Gasteiger partial charge >= 0.3 is 5.97 Å². The highest BCUT2D eigenvalue weighted by molar-refractivity contribution is 6.31. The van der Waals surface area contributed by atoms with Crippen molar-refractivity contribution in [2.75, 3.05) is 12.4 Å². The van der Waals surface area contributed by atoms with Crippen molar-refractivity contribution in [2.24, 2.45) is 23.7 Å². The number of ether oxygens (including phenoxy) is 1. The number of nitrogens with one attached hydrogen (secondary N) is 1. The lowest BCUT2D eigenvalue weighted by atomic mass is 9.82. The van der Waals surface area contributed by atoms with E-state index in [0.717, 1.165) is 6.42 Å². The number of hydrogen-bond acceptors (Lipinski definition) is 3. The van der Waals surface area contributed by atoms with E-state index < -0.39 is 17.8 Å². The smallest absolute Gasteiger partial charge is 0.307 e. The summed E-state index contributed by atoms with van der Waals surface area (Å²) in [4.78, 5) is 24.1. The van der Waals surface area contributed by atoms with Crippen LogP contribution in [0.3, 0.4) is 0 Å². The fourth-order valence-corrected chi connectivity index (χ4v) is 3.68. The number of anilines is 1. The first-order chi connectivity index (χ1) is 10.5. The number of allylic oxidation sites excluding steroid dienone is 2. The molecular formula is C16H16ClNO4. The Kier molecular flexibility index (Phi) is 3.83. The van der Waals surface area contributed by atoms with E-state index in [-0.39, 0.29) is 17.7 Å². The van der Waals surface area contributed by atoms with Crippen LogP contribution in [0.5, 0.6) is 5.75 Å². The lowest BCUT2D eigenvalue weighted by molar-refractivity contribution is -0.146. The van der Waals surface area contributed by atoms with E-state index in [2.05, 4.69) is 5.32 Å². The minimum absolute atomic E-state index is 0.0173. The Morgan fingerprint density at radius 3 is 2.59 bits per heavy atom. The number of fused-ring (bicyclic) bond motifs is 2. The molecule has 0 spiro atoms. The predicted molar refractivity (Wildman–Crippen MR) is 82.0 cm³/mol. The van der Waals surface area contributed by atoms with Gasteiger partial charge in [0.2, 0.25) is 5.91 Å². The molecule has 1 aromatic carbocycles. The van der Waals surface area contributed by atoms with Crippen LogP contribution in [0.2, 0.25) is 5.02 Å². The second-order valence-electron chi connectivity index (χ2n) is 5.67. The van der Waals surface area contributed by atoms with Crippen molar-refractivity contribution >= 4 is 29.2 Å². The number of carbonyl (C=O) groups excluding carboxylic acids is 1. The van der Waals surface area contributed by atoms with Crippen molar-refractivity contribution in [3.8, 4) is 5.75 Å². The van der Waals surface area contributed by atoms with Gasteiger partial charge in [-0.2, -0.15) is 0 Å². The minimum Gasteiger partial charge on any atom is -0.495 e. The van der Waals surface area contributed by atoms with Crippen LogP contribution in [0.15, 0.2) is 30.4 Å². The van der Waals surface area contributed by atoms with Gasteiger partial charge in [0.05, 0.1) is 24.6 Å². The summed E-state index contributed by atoms with van der Waals surface area (Å²) >= 11 is 5.95. The van der Waals surface area contributed by atoms with Crippen molar-refractivity contribution in [3.05, 3.63) is 35.4 Å². The zero-order valence-corrected chi connectivity index (χ0v) is 12.7. The van der Waals surface area contributed by atoms with Gasteiger partial charge in [0.15, 0.2) is 0 Å². The molecule has 0 aromatic heterocycles. The van der Waals surface area contributed by atoms with Crippen molar-refractivity contribution in [1.29, 1.82) is 0 Å². The monoisotopic (exact) mass is 321 g/mol. The molecule has 116 valence electrons. The van der Waals surface area contributed by atoms with Gasteiger partial charge in [-0.15, -0.1) is 0 Å². The Bertz CT molecular complexity index is 658. The molecule has 0 heterocycles. The second kappa shape index (κ2) is 5.65. The molecule has 2 bridgehead atoms. The van der Waals surface area contributed by atoms with E-state index in [9.17, 15) is 14.7 Å². The lowest BCUT2D eigenvalue weighted by Crippen LogP contribution is -2.36. The summed E-state index contributed by atoms with van der Waals surface area (Å²) in [7, 11) is 1.50. The van der Waals surface area contributed by atoms with Crippen LogP contribution in [-0.4, -0.2) is 24.1 Å². The first kappa shape index (κ1) is 14.9. The first-order valence-electron chi connectivity index (χ1n) is 7.07. The molecule has 5 nitrogen and oxygen atoms in total. The second-order valence-corrected chi connectivity index (χ2v) is 6.11. The molecule has 2 N–H and O–H groups in total. The number of halogens is 1. The number of methoxy groups -OCH3 is 1. The van der Waals surface area contributed by atoms with Crippen molar-refractivity contribution in [1.82, 2.24) is 0 Å². The number of aliphatic carboxylic acids is 1. The van der Waals surface area contributed by atoms with Gasteiger partial charge in [-0.1, -0.05) is 23.8 Å². The highest BCUT2D eigenvalue weighted by atomic mass is 35.5. The third kappa shape index (κ3) is 2.46. The van der Waals surface area contributed by atoms with Gasteiger partial charge in [-0.3, -0.25) is 9.59 Å². The Morgan fingerprint density at radius 2 is 1.95 bits per heavy atom. The molecule has 1 fully saturated rings. The molecule has 0 unspecified atom stereocenters. The third-order valence-corrected chi connectivity index (χ3v) is 4.70. The standard InChI is InChI=1S/C16H16ClNO4/c1-22-12-5-4-10(17)7-11(12)18-15(19)13-8-2-3-9(6-8)14(13)16(20)21/h2-5,7-9,13-14H,6H2,1H3,(H,18,19)(H,20,21)/t8-,9-,13-,14+/m0/s1. The van der Waals surface area contributed by atoms with Crippen LogP contribution in [0.1, 0.15) is 6.42 Å². The average Bonchev–Trinajstić information content (AvgIpc) is 3.08. The summed E-state index contributed by atoms with van der Waals surface area (Å²) in [6.45, 7) is 0. The molecule has 1 amide bonds. The Hall–Kier alpha value is -2.01. The summed E-state index contributed by atoms with van der Waals surface area (Å²) in [6, 6.07) is 4.92. The van der Waals surface area contributed by atoms with Crippen LogP contribution in [-0.2, 0) is 9.59 Å². The summed E-state index contributed by atoms with van der Waals surface area (Å²) in [6.07, 6.45) is 4.58. The third-order valence-electron chi connectivity index (χ3n) is 4.47. The SMILES string of the molecule is COc1ccc(Cl)cc1NC(=O)[C@@H]1[C@H](C(=O)O)[C@H]2C=C[C@H]1C2. The van der Waals surface area contributed by atoms with Crippen LogP contribution in [0, 0.1) is 23.7 Å². The molecule has 0 aliphatic heterocycles. The maximum atomic E-state index is 12.6. The molecule has 3 rings (SSSR count). The van der Waals surface area contributed by atoms with Gasteiger partial charge in [-0.05, 0) is 36.5 Å². The van der Waals surface area contributed by atoms with Crippen LogP contribution < -0.4 is 10.1 Å². The van der Waals surface area contributed by atoms with E-state index >= 15 is 0 Å². The summed E-state index contributed by atoms with van der Waals surface area (Å²) in [5.74, 6) is -2.03. The summed E-state index contributed by atoms with van der Waals surface area (Å²) in [5.41, 5.74) is 0.455. The quantitative estimate of drug-likeness (QED) is 0.836. The van der Waals surface area contributed by atoms with Crippen LogP contribution in [0.4, 0.5) is 5.69 Å². The summed E-state index contributed by atoms with van der Waals surface area (Å²) in [5, 5.41) is 12.6. The van der Waals surface area contributed by atoms with Crippen LogP contribution >= 0.6 is 11.6 Å². The van der Waals surface area contributed by atoms with Crippen LogP contribution in [0.25, 0.3) is 0 Å². The molecule has 2 aliphatic rings. The largest absolute Gasteiger partial charge is 0.495 e. The number of amides is 1. The van der Waals surface area contributed by atoms with Crippen molar-refractivity contribution in [2.45, 2.75) is 6.42 Å². The van der Waals surface area contributed by atoms with E-state index in [0.29, 0.717) is 16.5 Å². The maximum absolute atomic E-state index is 12.6. The van der Waals surface area contributed by atoms with E-state index in [1.165, 1.54) is 7.11 Å². The summed E-state index contributed by atoms with van der Waals surface area (Å²) < 4.78 is 5.20. The predicted octanol–water partition coefficient (Wildman–Crippen LogP) is 2.81. The van der Waals surface area contributed by atoms with E-state index in [1.807, 2.05) is 12.2 Å². The van der Waals surface area contributed by atoms with E-state index in [1.54, 1.807) is 18.2 Å². The number of carboxylic acid groups (broad SMARTS) is 1. The van der Waals surface area contributed by atoms with Crippen molar-refractivity contribution in [3.63, 3.8) is 0 Å². The number of carbonyl (C=O) groups is 2. The molecule has 22 heavy (non-hydrogen) atoms. The van der Waals surface area contributed by atoms with Gasteiger partial charge < -0.3 is 15.2 Å². The zero-order chi connectivity index (χ0) is 15.9. The molecule has 4 atom stereocenters. The van der Waals surface area contributed by atoms with Gasteiger partial charge in [-0.25, -0.2) is 0 Å². The number of rotatable bonds is 4. The maximum Gasteiger partial charge on any atom is 0.307 e. The Balaban J connectivity index is 1.84. The van der Waals surface area contributed by atoms with Crippen molar-refractivity contribution < 1.29 is 19.4 Å². The molecule has 2 aliphatic carbocycles. The number of carboxylic acids is 1. The first-order valence-corrected chi connectivity index (χ1v) is 7.44. The molecular weight excluding hydrogens is 306 g/mol. The fraction of sp³-hybridized carbons (Fsp3) is 0.375. The fourth-order valence-electron chi connectivity index (χ4n) is 3.51. The van der Waals surface area contributed by atoms with Gasteiger partial charge in [0, 0.05) is 5.02 Å². The normalized spacial score (nSPS) is 28.6. The highest BCUT2D eigenvalue weighted by Crippen LogP contribution is 2.48. The minimum atomic E-state index is -0.921. The molecule has 0 radical (unpaired) electrons. The average molecular weight is 322 g/mol. The highest BCUT2D eigenvalue weighted by Gasteiger charge is 2.51. The molecule has 6 heteroatoms. The zero-order valence-electron chi connectivity index (χ0n) is 12.0. The lowest BCUT2D eigenvalue weighted by Gasteiger charge is -2.24. The number of hydrogen-bond donors (Lipinski definition) is 2. The Labute approximate surface area is 132 Å². The molecule has 0 saturated heterocycles. The van der Waals surface area contributed by atoms with Gasteiger partial charge in [0.25, 0.3) is 0 Å². The van der Waals surface area contributed by atoms with E-state index in [4.69, 9.17) is 16.3 Å². The number of benzene rings is 1. The van der Waals surface area contributed by atoms with Gasteiger partial charge in [0.1, 0.15) is 5.75 Å². The molecule has 1 saturated carbocycles. The molecule has 1 aromatic rings.